The van der Waals surface area contributed by atoms with Crippen LogP contribution in [-0.4, -0.2) is 39.6 Å². The van der Waals surface area contributed by atoms with Crippen molar-refractivity contribution >= 4 is 57.9 Å². The Labute approximate surface area is 162 Å². The number of thiophene rings is 1. The van der Waals surface area contributed by atoms with Gasteiger partial charge in [-0.3, -0.25) is 19.3 Å². The molecule has 3 amide bonds. The van der Waals surface area contributed by atoms with E-state index in [2.05, 4.69) is 5.32 Å². The number of carbonyl (C=O) groups excluding carboxylic acids is 3. The highest BCUT2D eigenvalue weighted by molar-refractivity contribution is 8.18. The highest BCUT2D eigenvalue weighted by atomic mass is 32.2. The number of benzene rings is 1. The number of nitrogens with zero attached hydrogens (tertiary/aromatic N) is 1. The average Bonchev–Trinajstić information content (AvgIpc) is 3.19. The SMILES string of the molecule is Cc1ccc(C(=O)O)c(NC(=O)CN2C(=O)S/C(=C\c3cccs3)C2=O)c1. The van der Waals surface area contributed by atoms with E-state index >= 15 is 0 Å². The van der Waals surface area contributed by atoms with Crippen molar-refractivity contribution in [1.82, 2.24) is 4.90 Å². The molecule has 27 heavy (non-hydrogen) atoms. The molecule has 0 aliphatic carbocycles. The molecule has 0 unspecified atom stereocenters. The number of hydrogen-bond acceptors (Lipinski definition) is 6. The number of hydrogen-bond donors (Lipinski definition) is 2. The van der Waals surface area contributed by atoms with Gasteiger partial charge in [-0.2, -0.15) is 0 Å². The Balaban J connectivity index is 1.73. The first-order valence-electron chi connectivity index (χ1n) is 7.78. The zero-order valence-corrected chi connectivity index (χ0v) is 15.7. The monoisotopic (exact) mass is 402 g/mol. The van der Waals surface area contributed by atoms with Crippen LogP contribution in [0.3, 0.4) is 0 Å². The van der Waals surface area contributed by atoms with Crippen LogP contribution in [0.15, 0.2) is 40.6 Å². The lowest BCUT2D eigenvalue weighted by atomic mass is 10.1. The van der Waals surface area contributed by atoms with Crippen LogP contribution in [0.5, 0.6) is 0 Å². The fraction of sp³-hybridized carbons (Fsp3) is 0.111. The van der Waals surface area contributed by atoms with Crippen LogP contribution >= 0.6 is 23.1 Å². The molecule has 1 aliphatic rings. The summed E-state index contributed by atoms with van der Waals surface area (Å²) in [7, 11) is 0. The van der Waals surface area contributed by atoms with Crippen molar-refractivity contribution in [3.8, 4) is 0 Å². The summed E-state index contributed by atoms with van der Waals surface area (Å²) in [6, 6.07) is 8.17. The van der Waals surface area contributed by atoms with Crippen molar-refractivity contribution in [2.75, 3.05) is 11.9 Å². The van der Waals surface area contributed by atoms with E-state index in [4.69, 9.17) is 0 Å². The van der Waals surface area contributed by atoms with E-state index in [1.54, 1.807) is 19.1 Å². The van der Waals surface area contributed by atoms with Crippen molar-refractivity contribution in [1.29, 1.82) is 0 Å². The topological polar surface area (TPSA) is 104 Å². The second-order valence-corrected chi connectivity index (χ2v) is 7.66. The van der Waals surface area contributed by atoms with Crippen molar-refractivity contribution < 1.29 is 24.3 Å². The Bertz CT molecular complexity index is 966. The molecule has 9 heteroatoms. The normalized spacial score (nSPS) is 15.4. The first-order valence-corrected chi connectivity index (χ1v) is 9.47. The summed E-state index contributed by atoms with van der Waals surface area (Å²) in [4.78, 5) is 50.0. The van der Waals surface area contributed by atoms with E-state index in [9.17, 15) is 24.3 Å². The standard InChI is InChI=1S/C18H14N2O5S2/c1-10-4-5-12(17(23)24)13(7-10)19-15(21)9-20-16(22)14(27-18(20)25)8-11-3-2-6-26-11/h2-8H,9H2,1H3,(H,19,21)(H,23,24)/b14-8-. The third kappa shape index (κ3) is 4.26. The Kier molecular flexibility index (Phi) is 5.43. The van der Waals surface area contributed by atoms with Gasteiger partial charge >= 0.3 is 5.97 Å². The summed E-state index contributed by atoms with van der Waals surface area (Å²) in [5, 5.41) is 13.0. The van der Waals surface area contributed by atoms with Gasteiger partial charge in [0.05, 0.1) is 16.2 Å². The summed E-state index contributed by atoms with van der Waals surface area (Å²) >= 11 is 2.20. The van der Waals surface area contributed by atoms with Gasteiger partial charge in [0, 0.05) is 4.88 Å². The van der Waals surface area contributed by atoms with Crippen LogP contribution in [-0.2, 0) is 9.59 Å². The minimum atomic E-state index is -1.18. The first kappa shape index (κ1) is 18.9. The van der Waals surface area contributed by atoms with Crippen LogP contribution in [0, 0.1) is 6.92 Å². The van der Waals surface area contributed by atoms with Gasteiger partial charge in [0.15, 0.2) is 0 Å². The molecule has 138 valence electrons. The van der Waals surface area contributed by atoms with E-state index in [-0.39, 0.29) is 16.2 Å². The van der Waals surface area contributed by atoms with E-state index < -0.39 is 29.6 Å². The molecule has 1 aromatic carbocycles. The van der Waals surface area contributed by atoms with Crippen LogP contribution in [0.4, 0.5) is 10.5 Å². The van der Waals surface area contributed by atoms with Crippen molar-refractivity contribution in [2.45, 2.75) is 6.92 Å². The second kappa shape index (κ2) is 7.77. The summed E-state index contributed by atoms with van der Waals surface area (Å²) < 4.78 is 0. The zero-order valence-electron chi connectivity index (χ0n) is 14.1. The average molecular weight is 402 g/mol. The lowest BCUT2D eigenvalue weighted by molar-refractivity contribution is -0.127. The molecule has 1 aliphatic heterocycles. The molecule has 2 aromatic rings. The summed E-state index contributed by atoms with van der Waals surface area (Å²) in [6.45, 7) is 1.27. The number of aromatic carboxylic acids is 1. The molecule has 2 N–H and O–H groups in total. The summed E-state index contributed by atoms with van der Waals surface area (Å²) in [5.41, 5.74) is 0.814. The maximum atomic E-state index is 12.4. The number of thioether (sulfide) groups is 1. The number of carbonyl (C=O) groups is 4. The Hall–Kier alpha value is -2.91. The largest absolute Gasteiger partial charge is 0.478 e. The number of carboxylic acid groups (broad SMARTS) is 1. The van der Waals surface area contributed by atoms with Crippen LogP contribution in [0.25, 0.3) is 6.08 Å². The third-order valence-corrected chi connectivity index (χ3v) is 5.40. The number of amides is 3. The van der Waals surface area contributed by atoms with Gasteiger partial charge in [-0.05, 0) is 53.9 Å². The van der Waals surface area contributed by atoms with Crippen LogP contribution in [0.2, 0.25) is 0 Å². The number of aryl methyl sites for hydroxylation is 1. The Morgan fingerprint density at radius 3 is 2.70 bits per heavy atom. The number of nitrogens with one attached hydrogen (secondary N) is 1. The van der Waals surface area contributed by atoms with E-state index in [1.807, 2.05) is 17.5 Å². The number of imide groups is 1. The smallest absolute Gasteiger partial charge is 0.337 e. The Morgan fingerprint density at radius 1 is 1.26 bits per heavy atom. The quantitative estimate of drug-likeness (QED) is 0.743. The third-order valence-electron chi connectivity index (χ3n) is 3.67. The molecule has 1 saturated heterocycles. The van der Waals surface area contributed by atoms with Gasteiger partial charge in [0.25, 0.3) is 11.1 Å². The first-order chi connectivity index (χ1) is 12.8. The lowest BCUT2D eigenvalue weighted by Crippen LogP contribution is -2.36. The number of carboxylic acids is 1. The van der Waals surface area contributed by atoms with Crippen molar-refractivity contribution in [3.63, 3.8) is 0 Å². The summed E-state index contributed by atoms with van der Waals surface area (Å²) in [6.07, 6.45) is 1.61. The molecule has 0 atom stereocenters. The molecule has 1 aromatic heterocycles. The van der Waals surface area contributed by atoms with Gasteiger partial charge in [-0.1, -0.05) is 12.1 Å². The van der Waals surface area contributed by atoms with Gasteiger partial charge in [-0.15, -0.1) is 11.3 Å². The van der Waals surface area contributed by atoms with Gasteiger partial charge in [-0.25, -0.2) is 4.79 Å². The van der Waals surface area contributed by atoms with Crippen molar-refractivity contribution in [2.24, 2.45) is 0 Å². The molecule has 0 spiro atoms. The lowest BCUT2D eigenvalue weighted by Gasteiger charge is -2.14. The highest BCUT2D eigenvalue weighted by Crippen LogP contribution is 2.32. The molecule has 2 heterocycles. The maximum absolute atomic E-state index is 12.4. The molecule has 0 saturated carbocycles. The van der Waals surface area contributed by atoms with Gasteiger partial charge in [0.2, 0.25) is 5.91 Å². The molecular formula is C18H14N2O5S2. The maximum Gasteiger partial charge on any atom is 0.337 e. The fourth-order valence-electron chi connectivity index (χ4n) is 2.42. The number of anilines is 1. The van der Waals surface area contributed by atoms with Crippen molar-refractivity contribution in [3.05, 3.63) is 56.6 Å². The predicted molar refractivity (Wildman–Crippen MR) is 104 cm³/mol. The Morgan fingerprint density at radius 2 is 2.04 bits per heavy atom. The molecule has 7 nitrogen and oxygen atoms in total. The summed E-state index contributed by atoms with van der Waals surface area (Å²) in [5.74, 6) is -2.38. The minimum Gasteiger partial charge on any atom is -0.478 e. The molecular weight excluding hydrogens is 388 g/mol. The molecule has 3 rings (SSSR count). The van der Waals surface area contributed by atoms with Gasteiger partial charge in [0.1, 0.15) is 6.54 Å². The molecule has 0 radical (unpaired) electrons. The molecule has 1 fully saturated rings. The van der Waals surface area contributed by atoms with E-state index in [0.29, 0.717) is 0 Å². The minimum absolute atomic E-state index is 0.0688. The van der Waals surface area contributed by atoms with Gasteiger partial charge < -0.3 is 10.4 Å². The number of rotatable bonds is 5. The fourth-order valence-corrected chi connectivity index (χ4v) is 3.98. The van der Waals surface area contributed by atoms with E-state index in [0.717, 1.165) is 27.1 Å². The van der Waals surface area contributed by atoms with Crippen LogP contribution in [0.1, 0.15) is 20.8 Å². The van der Waals surface area contributed by atoms with Crippen LogP contribution < -0.4 is 5.32 Å². The molecule has 0 bridgehead atoms. The van der Waals surface area contributed by atoms with E-state index in [1.165, 1.54) is 23.5 Å². The second-order valence-electron chi connectivity index (χ2n) is 5.69. The highest BCUT2D eigenvalue weighted by Gasteiger charge is 2.36. The zero-order chi connectivity index (χ0) is 19.6. The predicted octanol–water partition coefficient (Wildman–Crippen LogP) is 3.43.